The predicted octanol–water partition coefficient (Wildman–Crippen LogP) is 8.33. The molecule has 0 atom stereocenters. The van der Waals surface area contributed by atoms with E-state index in [-0.39, 0.29) is 10.8 Å². The lowest BCUT2D eigenvalue weighted by atomic mass is 9.82. The summed E-state index contributed by atoms with van der Waals surface area (Å²) in [5.41, 5.74) is 4.48. The van der Waals surface area contributed by atoms with Crippen molar-refractivity contribution >= 4 is 8.69 Å². The van der Waals surface area contributed by atoms with Gasteiger partial charge in [0, 0.05) is 0 Å². The number of halogens is 1. The Balaban J connectivity index is 2.11. The highest BCUT2D eigenvalue weighted by Crippen LogP contribution is 2.44. The SMILES string of the molecule is CCC(C)(C)c1ccc(OP(F)Oc2ccc(C(C)(C)CC)cc2C)c(C)c1. The summed E-state index contributed by atoms with van der Waals surface area (Å²) in [5, 5.41) is 0. The maximum atomic E-state index is 14.6. The molecule has 154 valence electrons. The first-order valence-corrected chi connectivity index (χ1v) is 11.1. The van der Waals surface area contributed by atoms with Crippen molar-refractivity contribution in [1.82, 2.24) is 0 Å². The summed E-state index contributed by atoms with van der Waals surface area (Å²) in [6.45, 7) is 17.1. The normalized spacial score (nSPS) is 12.4. The largest absolute Gasteiger partial charge is 0.505 e. The summed E-state index contributed by atoms with van der Waals surface area (Å²) in [6.07, 6.45) is 2.07. The van der Waals surface area contributed by atoms with Crippen molar-refractivity contribution < 1.29 is 13.2 Å². The molecule has 0 radical (unpaired) electrons. The summed E-state index contributed by atoms with van der Waals surface area (Å²) in [4.78, 5) is 0. The zero-order chi connectivity index (χ0) is 21.1. The van der Waals surface area contributed by atoms with Crippen LogP contribution in [-0.4, -0.2) is 0 Å². The van der Waals surface area contributed by atoms with Gasteiger partial charge in [0.1, 0.15) is 11.5 Å². The van der Waals surface area contributed by atoms with Crippen molar-refractivity contribution in [1.29, 1.82) is 0 Å². The highest BCUT2D eigenvalue weighted by molar-refractivity contribution is 7.42. The van der Waals surface area contributed by atoms with Crippen LogP contribution in [0.1, 0.15) is 76.6 Å². The molecule has 0 saturated carbocycles. The fourth-order valence-corrected chi connectivity index (χ4v) is 3.68. The van der Waals surface area contributed by atoms with Gasteiger partial charge in [-0.2, -0.15) is 0 Å². The van der Waals surface area contributed by atoms with Crippen LogP contribution in [0.3, 0.4) is 0 Å². The molecule has 0 N–H and O–H groups in total. The van der Waals surface area contributed by atoms with Crippen molar-refractivity contribution in [3.8, 4) is 11.5 Å². The van der Waals surface area contributed by atoms with Gasteiger partial charge in [-0.05, 0) is 71.9 Å². The minimum absolute atomic E-state index is 0.0887. The Kier molecular flexibility index (Phi) is 7.15. The molecule has 0 spiro atoms. The second kappa shape index (κ2) is 8.82. The van der Waals surface area contributed by atoms with Crippen molar-refractivity contribution in [2.75, 3.05) is 0 Å². The van der Waals surface area contributed by atoms with Crippen molar-refractivity contribution in [3.05, 3.63) is 58.7 Å². The average molecular weight is 405 g/mol. The Morgan fingerprint density at radius 1 is 0.750 bits per heavy atom. The molecule has 0 aliphatic rings. The first kappa shape index (κ1) is 22.7. The third-order valence-electron chi connectivity index (χ3n) is 6.02. The molecule has 0 aliphatic heterocycles. The molecule has 0 amide bonds. The molecule has 2 rings (SSSR count). The fourth-order valence-electron chi connectivity index (χ4n) is 2.93. The van der Waals surface area contributed by atoms with Crippen molar-refractivity contribution in [3.63, 3.8) is 0 Å². The zero-order valence-electron chi connectivity index (χ0n) is 18.5. The molecular weight excluding hydrogens is 370 g/mol. The highest BCUT2D eigenvalue weighted by atomic mass is 31.2. The van der Waals surface area contributed by atoms with Gasteiger partial charge in [-0.1, -0.05) is 65.8 Å². The number of hydrogen-bond donors (Lipinski definition) is 0. The van der Waals surface area contributed by atoms with Gasteiger partial charge in [0.05, 0.1) is 0 Å². The van der Waals surface area contributed by atoms with Gasteiger partial charge in [-0.25, -0.2) is 0 Å². The standard InChI is InChI=1S/C24H34FO2P/c1-9-23(5,6)19-11-13-21(17(3)15-19)26-28(25)27-22-14-12-20(16-18(22)4)24(7,8)10-2/h11-16H,9-10H2,1-8H3. The van der Waals surface area contributed by atoms with Gasteiger partial charge < -0.3 is 9.05 Å². The summed E-state index contributed by atoms with van der Waals surface area (Å²) < 4.78 is 25.6. The lowest BCUT2D eigenvalue weighted by Gasteiger charge is -2.25. The van der Waals surface area contributed by atoms with E-state index in [0.717, 1.165) is 24.0 Å². The predicted molar refractivity (Wildman–Crippen MR) is 118 cm³/mol. The van der Waals surface area contributed by atoms with Crippen LogP contribution in [0.25, 0.3) is 0 Å². The van der Waals surface area contributed by atoms with Gasteiger partial charge in [0.2, 0.25) is 0 Å². The molecule has 2 nitrogen and oxygen atoms in total. The fraction of sp³-hybridized carbons (Fsp3) is 0.500. The molecule has 0 aliphatic carbocycles. The Labute approximate surface area is 171 Å². The van der Waals surface area contributed by atoms with Crippen molar-refractivity contribution in [2.24, 2.45) is 0 Å². The Bertz CT molecular complexity index is 747. The van der Waals surface area contributed by atoms with Crippen LogP contribution in [0.4, 0.5) is 4.20 Å². The molecule has 28 heavy (non-hydrogen) atoms. The Hall–Kier alpha value is -1.60. The molecular formula is C24H34FO2P. The highest BCUT2D eigenvalue weighted by Gasteiger charge is 2.22. The van der Waals surface area contributed by atoms with Gasteiger partial charge in [0.15, 0.2) is 0 Å². The van der Waals surface area contributed by atoms with E-state index >= 15 is 0 Å². The first-order chi connectivity index (χ1) is 13.0. The van der Waals surface area contributed by atoms with Gasteiger partial charge in [-0.15, -0.1) is 4.20 Å². The monoisotopic (exact) mass is 404 g/mol. The topological polar surface area (TPSA) is 18.5 Å². The van der Waals surface area contributed by atoms with Crippen LogP contribution in [0, 0.1) is 13.8 Å². The number of aryl methyl sites for hydroxylation is 2. The minimum atomic E-state index is -2.55. The van der Waals surface area contributed by atoms with E-state index in [1.54, 1.807) is 0 Å². The van der Waals surface area contributed by atoms with Gasteiger partial charge in [0.25, 0.3) is 0 Å². The van der Waals surface area contributed by atoms with Crippen LogP contribution in [0.2, 0.25) is 0 Å². The van der Waals surface area contributed by atoms with Gasteiger partial charge in [-0.3, -0.25) is 0 Å². The Morgan fingerprint density at radius 2 is 1.11 bits per heavy atom. The quantitative estimate of drug-likeness (QED) is 0.412. The molecule has 0 aromatic heterocycles. The molecule has 0 bridgehead atoms. The Morgan fingerprint density at radius 3 is 1.39 bits per heavy atom. The number of hydrogen-bond acceptors (Lipinski definition) is 2. The van der Waals surface area contributed by atoms with Crippen LogP contribution in [0.5, 0.6) is 11.5 Å². The van der Waals surface area contributed by atoms with Crippen LogP contribution < -0.4 is 9.05 Å². The van der Waals surface area contributed by atoms with E-state index in [1.807, 2.05) is 38.1 Å². The zero-order valence-corrected chi connectivity index (χ0v) is 19.4. The maximum Gasteiger partial charge on any atom is 0.505 e. The van der Waals surface area contributed by atoms with Crippen molar-refractivity contribution in [2.45, 2.75) is 79.1 Å². The average Bonchev–Trinajstić information content (AvgIpc) is 2.64. The lowest BCUT2D eigenvalue weighted by molar-refractivity contribution is 0.434. The molecule has 0 saturated heterocycles. The molecule has 2 aromatic carbocycles. The number of rotatable bonds is 8. The molecule has 0 heterocycles. The van der Waals surface area contributed by atoms with Gasteiger partial charge >= 0.3 is 8.69 Å². The molecule has 4 heteroatoms. The summed E-state index contributed by atoms with van der Waals surface area (Å²) >= 11 is 0. The summed E-state index contributed by atoms with van der Waals surface area (Å²) in [7, 11) is -2.55. The third-order valence-corrected chi connectivity index (χ3v) is 6.70. The van der Waals surface area contributed by atoms with E-state index in [2.05, 4.69) is 53.7 Å². The van der Waals surface area contributed by atoms with E-state index in [0.29, 0.717) is 11.5 Å². The minimum Gasteiger partial charge on any atom is -0.414 e. The lowest BCUT2D eigenvalue weighted by Crippen LogP contribution is -2.15. The second-order valence-corrected chi connectivity index (χ2v) is 9.62. The molecule has 2 aromatic rings. The van der Waals surface area contributed by atoms with Crippen LogP contribution >= 0.6 is 8.69 Å². The second-order valence-electron chi connectivity index (χ2n) is 8.83. The molecule has 0 fully saturated rings. The van der Waals surface area contributed by atoms with Crippen LogP contribution in [0.15, 0.2) is 36.4 Å². The molecule has 0 unspecified atom stereocenters. The van der Waals surface area contributed by atoms with E-state index in [9.17, 15) is 4.20 Å². The van der Waals surface area contributed by atoms with E-state index in [4.69, 9.17) is 9.05 Å². The number of benzene rings is 2. The van der Waals surface area contributed by atoms with E-state index in [1.165, 1.54) is 11.1 Å². The summed E-state index contributed by atoms with van der Waals surface area (Å²) in [5.74, 6) is 1.07. The van der Waals surface area contributed by atoms with E-state index < -0.39 is 8.69 Å². The summed E-state index contributed by atoms with van der Waals surface area (Å²) in [6, 6.07) is 11.9. The maximum absolute atomic E-state index is 14.6. The first-order valence-electron chi connectivity index (χ1n) is 10.0. The smallest absolute Gasteiger partial charge is 0.414 e. The third kappa shape index (κ3) is 5.26. The van der Waals surface area contributed by atoms with Crippen LogP contribution in [-0.2, 0) is 10.8 Å².